The second-order valence-corrected chi connectivity index (χ2v) is 6.78. The summed E-state index contributed by atoms with van der Waals surface area (Å²) in [4.78, 5) is 12.2. The third kappa shape index (κ3) is 3.79. The van der Waals surface area contributed by atoms with Crippen molar-refractivity contribution in [3.8, 4) is 23.0 Å². The number of ether oxygens (including phenoxy) is 4. The number of anilines is 1. The van der Waals surface area contributed by atoms with E-state index in [2.05, 4.69) is 5.32 Å². The Bertz CT molecular complexity index is 829. The molecule has 2 aliphatic rings. The Hall–Kier alpha value is -2.89. The minimum atomic E-state index is -0.493. The van der Waals surface area contributed by atoms with Gasteiger partial charge in [0.05, 0.1) is 20.1 Å². The molecule has 1 saturated carbocycles. The first-order chi connectivity index (χ1) is 13.2. The molecule has 2 aromatic rings. The highest BCUT2D eigenvalue weighted by Gasteiger charge is 2.44. The molecule has 0 saturated heterocycles. The van der Waals surface area contributed by atoms with Gasteiger partial charge in [0.1, 0.15) is 0 Å². The topological polar surface area (TPSA) is 66.0 Å². The van der Waals surface area contributed by atoms with Gasteiger partial charge in [-0.1, -0.05) is 12.1 Å². The maximum Gasteiger partial charge on any atom is 0.251 e. The first-order valence-corrected chi connectivity index (χ1v) is 9.25. The first-order valence-electron chi connectivity index (χ1n) is 9.25. The molecule has 1 heterocycles. The van der Waals surface area contributed by atoms with E-state index in [0.29, 0.717) is 22.9 Å². The van der Waals surface area contributed by atoms with Crippen LogP contribution in [0.1, 0.15) is 32.1 Å². The number of hydrogen-bond donors (Lipinski definition) is 1. The smallest absolute Gasteiger partial charge is 0.251 e. The van der Waals surface area contributed by atoms with Gasteiger partial charge in [0, 0.05) is 24.6 Å². The van der Waals surface area contributed by atoms with Crippen LogP contribution in [0.3, 0.4) is 0 Å². The summed E-state index contributed by atoms with van der Waals surface area (Å²) in [5, 5.41) is 2.88. The van der Waals surface area contributed by atoms with E-state index in [9.17, 15) is 4.79 Å². The van der Waals surface area contributed by atoms with Gasteiger partial charge in [0.15, 0.2) is 23.0 Å². The quantitative estimate of drug-likeness (QED) is 0.829. The lowest BCUT2D eigenvalue weighted by Gasteiger charge is -2.21. The van der Waals surface area contributed by atoms with Crippen LogP contribution in [0.25, 0.3) is 0 Å². The number of carbonyl (C=O) groups is 1. The van der Waals surface area contributed by atoms with E-state index in [-0.39, 0.29) is 18.9 Å². The van der Waals surface area contributed by atoms with Crippen molar-refractivity contribution in [1.29, 1.82) is 0 Å². The molecule has 1 N–H and O–H groups in total. The molecule has 1 spiro atoms. The van der Waals surface area contributed by atoms with Gasteiger partial charge in [0.2, 0.25) is 5.91 Å². The number of nitrogens with one attached hydrogen (secondary N) is 1. The highest BCUT2D eigenvalue weighted by atomic mass is 16.7. The molecule has 0 aromatic heterocycles. The van der Waals surface area contributed by atoms with Crippen molar-refractivity contribution in [3.05, 3.63) is 42.5 Å². The molecule has 6 heteroatoms. The van der Waals surface area contributed by atoms with Gasteiger partial charge < -0.3 is 24.3 Å². The average Bonchev–Trinajstić information content (AvgIpc) is 3.27. The molecular formula is C21H23NO5. The van der Waals surface area contributed by atoms with Crippen LogP contribution in [0.15, 0.2) is 42.5 Å². The zero-order valence-corrected chi connectivity index (χ0v) is 15.3. The number of hydrogen-bond acceptors (Lipinski definition) is 5. The molecule has 142 valence electrons. The highest BCUT2D eigenvalue weighted by molar-refractivity contribution is 5.91. The third-order valence-corrected chi connectivity index (χ3v) is 4.84. The maximum absolute atomic E-state index is 12.2. The molecule has 1 fully saturated rings. The van der Waals surface area contributed by atoms with E-state index in [1.165, 1.54) is 0 Å². The highest BCUT2D eigenvalue weighted by Crippen LogP contribution is 2.47. The zero-order chi connectivity index (χ0) is 18.7. The van der Waals surface area contributed by atoms with Crippen LogP contribution in [-0.4, -0.2) is 25.4 Å². The van der Waals surface area contributed by atoms with Gasteiger partial charge in [-0.25, -0.2) is 0 Å². The van der Waals surface area contributed by atoms with Gasteiger partial charge in [0.25, 0.3) is 5.79 Å². The van der Waals surface area contributed by atoms with Crippen LogP contribution >= 0.6 is 0 Å². The number of rotatable bonds is 6. The summed E-state index contributed by atoms with van der Waals surface area (Å²) in [6, 6.07) is 12.9. The fraction of sp³-hybridized carbons (Fsp3) is 0.381. The summed E-state index contributed by atoms with van der Waals surface area (Å²) in [6.07, 6.45) is 4.28. The van der Waals surface area contributed by atoms with Crippen molar-refractivity contribution in [2.45, 2.75) is 37.9 Å². The molecule has 1 aliphatic carbocycles. The Balaban J connectivity index is 1.30. The summed E-state index contributed by atoms with van der Waals surface area (Å²) < 4.78 is 22.9. The van der Waals surface area contributed by atoms with Crippen LogP contribution < -0.4 is 24.3 Å². The minimum Gasteiger partial charge on any atom is -0.493 e. The number of fused-ring (bicyclic) bond motifs is 1. The molecule has 1 aliphatic heterocycles. The lowest BCUT2D eigenvalue weighted by molar-refractivity contribution is -0.116. The van der Waals surface area contributed by atoms with E-state index in [1.54, 1.807) is 7.11 Å². The monoisotopic (exact) mass is 369 g/mol. The summed E-state index contributed by atoms with van der Waals surface area (Å²) in [5.74, 6) is 2.09. The molecule has 2 aromatic carbocycles. The zero-order valence-electron chi connectivity index (χ0n) is 15.3. The standard InChI is InChI=1S/C21H23NO5/c1-24-16-6-2-3-7-17(16)25-13-10-20(23)22-15-8-9-18-19(14-15)27-21(26-18)11-4-5-12-21/h2-3,6-9,14H,4-5,10-13H2,1H3,(H,22,23). The minimum absolute atomic E-state index is 0.126. The second kappa shape index (κ2) is 7.39. The van der Waals surface area contributed by atoms with Crippen molar-refractivity contribution in [3.63, 3.8) is 0 Å². The van der Waals surface area contributed by atoms with Crippen LogP contribution in [0, 0.1) is 0 Å². The molecule has 4 rings (SSSR count). The Morgan fingerprint density at radius 3 is 2.59 bits per heavy atom. The van der Waals surface area contributed by atoms with Crippen LogP contribution in [-0.2, 0) is 4.79 Å². The predicted octanol–water partition coefficient (Wildman–Crippen LogP) is 4.14. The van der Waals surface area contributed by atoms with Crippen molar-refractivity contribution in [2.24, 2.45) is 0 Å². The molecule has 6 nitrogen and oxygen atoms in total. The Morgan fingerprint density at radius 2 is 1.81 bits per heavy atom. The van der Waals surface area contributed by atoms with E-state index in [1.807, 2.05) is 42.5 Å². The first kappa shape index (κ1) is 17.5. The number of para-hydroxylation sites is 2. The fourth-order valence-corrected chi connectivity index (χ4v) is 3.50. The van der Waals surface area contributed by atoms with Crippen LogP contribution in [0.5, 0.6) is 23.0 Å². The number of benzene rings is 2. The Morgan fingerprint density at radius 1 is 1.07 bits per heavy atom. The average molecular weight is 369 g/mol. The molecule has 0 radical (unpaired) electrons. The van der Waals surface area contributed by atoms with Gasteiger partial charge in [-0.05, 0) is 37.1 Å². The van der Waals surface area contributed by atoms with Crippen LogP contribution in [0.4, 0.5) is 5.69 Å². The summed E-state index contributed by atoms with van der Waals surface area (Å²) in [7, 11) is 1.59. The SMILES string of the molecule is COc1ccccc1OCCC(=O)Nc1ccc2c(c1)OC1(CCCC1)O2. The van der Waals surface area contributed by atoms with E-state index < -0.39 is 5.79 Å². The summed E-state index contributed by atoms with van der Waals surface area (Å²) >= 11 is 0. The predicted molar refractivity (Wildman–Crippen MR) is 101 cm³/mol. The van der Waals surface area contributed by atoms with Gasteiger partial charge in [-0.15, -0.1) is 0 Å². The van der Waals surface area contributed by atoms with Crippen molar-refractivity contribution < 1.29 is 23.7 Å². The lowest BCUT2D eigenvalue weighted by atomic mass is 10.2. The molecule has 0 unspecified atom stereocenters. The molecular weight excluding hydrogens is 346 g/mol. The molecule has 0 bridgehead atoms. The third-order valence-electron chi connectivity index (χ3n) is 4.84. The number of carbonyl (C=O) groups excluding carboxylic acids is 1. The number of methoxy groups -OCH3 is 1. The normalized spacial score (nSPS) is 16.3. The molecule has 0 atom stereocenters. The van der Waals surface area contributed by atoms with Crippen molar-refractivity contribution in [1.82, 2.24) is 0 Å². The van der Waals surface area contributed by atoms with E-state index in [0.717, 1.165) is 31.4 Å². The van der Waals surface area contributed by atoms with Crippen molar-refractivity contribution >= 4 is 11.6 Å². The Labute approximate surface area is 158 Å². The maximum atomic E-state index is 12.2. The summed E-state index contributed by atoms with van der Waals surface area (Å²) in [5.41, 5.74) is 0.690. The molecule has 27 heavy (non-hydrogen) atoms. The molecule has 1 amide bonds. The summed E-state index contributed by atoms with van der Waals surface area (Å²) in [6.45, 7) is 0.264. The lowest BCUT2D eigenvalue weighted by Crippen LogP contribution is -2.34. The van der Waals surface area contributed by atoms with E-state index >= 15 is 0 Å². The Kier molecular flexibility index (Phi) is 4.79. The second-order valence-electron chi connectivity index (χ2n) is 6.78. The largest absolute Gasteiger partial charge is 0.493 e. The van der Waals surface area contributed by atoms with Gasteiger partial charge in [-0.2, -0.15) is 0 Å². The van der Waals surface area contributed by atoms with Gasteiger partial charge >= 0.3 is 0 Å². The van der Waals surface area contributed by atoms with E-state index in [4.69, 9.17) is 18.9 Å². The van der Waals surface area contributed by atoms with Crippen LogP contribution in [0.2, 0.25) is 0 Å². The fourth-order valence-electron chi connectivity index (χ4n) is 3.50. The van der Waals surface area contributed by atoms with Crippen molar-refractivity contribution in [2.75, 3.05) is 19.0 Å². The van der Waals surface area contributed by atoms with Gasteiger partial charge in [-0.3, -0.25) is 4.79 Å². The number of amides is 1.